The van der Waals surface area contributed by atoms with Gasteiger partial charge in [0.2, 0.25) is 5.91 Å². The lowest BCUT2D eigenvalue weighted by Gasteiger charge is -2.30. The second-order valence-electron chi connectivity index (χ2n) is 3.54. The maximum atomic E-state index is 11.1. The fourth-order valence-corrected chi connectivity index (χ4v) is 1.27. The van der Waals surface area contributed by atoms with Gasteiger partial charge < -0.3 is 11.1 Å². The van der Waals surface area contributed by atoms with Gasteiger partial charge in [-0.25, -0.2) is 0 Å². The maximum Gasteiger partial charge on any atom is 0.219 e. The predicted molar refractivity (Wildman–Crippen MR) is 55.4 cm³/mol. The quantitative estimate of drug-likeness (QED) is 0.656. The molecule has 3 heteroatoms. The molecule has 0 radical (unpaired) electrons. The van der Waals surface area contributed by atoms with Gasteiger partial charge in [0.05, 0.1) is 0 Å². The molecule has 0 unspecified atom stereocenters. The number of amides is 1. The Hall–Kier alpha value is -0.570. The minimum atomic E-state index is 0.102. The van der Waals surface area contributed by atoms with E-state index in [1.54, 1.807) is 0 Å². The summed E-state index contributed by atoms with van der Waals surface area (Å²) >= 11 is 0. The summed E-state index contributed by atoms with van der Waals surface area (Å²) in [5.41, 5.74) is 5.81. The first-order chi connectivity index (χ1) is 6.14. The molecule has 0 fully saturated rings. The molecule has 0 aliphatic carbocycles. The Bertz CT molecular complexity index is 145. The highest BCUT2D eigenvalue weighted by molar-refractivity contribution is 5.75. The van der Waals surface area contributed by atoms with Crippen LogP contribution in [0.1, 0.15) is 40.0 Å². The van der Waals surface area contributed by atoms with Crippen LogP contribution in [0.3, 0.4) is 0 Å². The van der Waals surface area contributed by atoms with E-state index in [2.05, 4.69) is 19.2 Å². The molecule has 0 spiro atoms. The average Bonchev–Trinajstić information content (AvgIpc) is 2.20. The molecule has 0 aromatic rings. The summed E-state index contributed by atoms with van der Waals surface area (Å²) in [5.74, 6) is 0.111. The van der Waals surface area contributed by atoms with E-state index in [9.17, 15) is 4.79 Å². The fourth-order valence-electron chi connectivity index (χ4n) is 1.27. The summed E-state index contributed by atoms with van der Waals surface area (Å²) in [6.45, 7) is 7.45. The number of carbonyl (C=O) groups excluding carboxylic acids is 1. The van der Waals surface area contributed by atoms with Crippen LogP contribution in [-0.2, 0) is 4.79 Å². The summed E-state index contributed by atoms with van der Waals surface area (Å²) in [4.78, 5) is 11.1. The van der Waals surface area contributed by atoms with Crippen LogP contribution in [0.4, 0.5) is 0 Å². The zero-order chi connectivity index (χ0) is 10.3. The molecular formula is C10H22N2O. The van der Waals surface area contributed by atoms with E-state index in [1.807, 2.05) is 6.92 Å². The number of carbonyl (C=O) groups is 1. The molecule has 78 valence electrons. The number of hydrogen-bond acceptors (Lipinski definition) is 2. The molecule has 13 heavy (non-hydrogen) atoms. The Morgan fingerprint density at radius 2 is 1.85 bits per heavy atom. The van der Waals surface area contributed by atoms with E-state index in [1.165, 1.54) is 0 Å². The van der Waals surface area contributed by atoms with Gasteiger partial charge in [0.15, 0.2) is 0 Å². The van der Waals surface area contributed by atoms with Gasteiger partial charge in [-0.1, -0.05) is 20.8 Å². The molecule has 0 aliphatic heterocycles. The van der Waals surface area contributed by atoms with Crippen LogP contribution in [-0.4, -0.2) is 19.0 Å². The Kier molecular flexibility index (Phi) is 5.71. The van der Waals surface area contributed by atoms with Crippen molar-refractivity contribution in [2.24, 2.45) is 11.1 Å². The molecule has 0 saturated heterocycles. The van der Waals surface area contributed by atoms with Crippen molar-refractivity contribution in [3.63, 3.8) is 0 Å². The average molecular weight is 186 g/mol. The zero-order valence-electron chi connectivity index (χ0n) is 9.02. The third kappa shape index (κ3) is 3.77. The fraction of sp³-hybridized carbons (Fsp3) is 0.900. The minimum absolute atomic E-state index is 0.102. The van der Waals surface area contributed by atoms with Crippen LogP contribution in [0.5, 0.6) is 0 Å². The molecule has 0 bridgehead atoms. The third-order valence-electron chi connectivity index (χ3n) is 2.91. The monoisotopic (exact) mass is 186 g/mol. The van der Waals surface area contributed by atoms with Crippen molar-refractivity contribution in [3.8, 4) is 0 Å². The summed E-state index contributed by atoms with van der Waals surface area (Å²) in [6, 6.07) is 0. The zero-order valence-corrected chi connectivity index (χ0v) is 9.02. The van der Waals surface area contributed by atoms with Gasteiger partial charge in [0, 0.05) is 13.0 Å². The first-order valence-electron chi connectivity index (χ1n) is 5.11. The maximum absolute atomic E-state index is 11.1. The molecule has 0 atom stereocenters. The molecule has 0 saturated carbocycles. The number of nitrogens with two attached hydrogens (primary N) is 1. The highest BCUT2D eigenvalue weighted by Gasteiger charge is 2.24. The summed E-state index contributed by atoms with van der Waals surface area (Å²) in [5, 5.41) is 2.91. The van der Waals surface area contributed by atoms with Gasteiger partial charge in [-0.15, -0.1) is 0 Å². The van der Waals surface area contributed by atoms with Gasteiger partial charge in [-0.2, -0.15) is 0 Å². The lowest BCUT2D eigenvalue weighted by molar-refractivity contribution is -0.121. The molecule has 3 N–H and O–H groups in total. The van der Waals surface area contributed by atoms with Gasteiger partial charge in [-0.3, -0.25) is 4.79 Å². The van der Waals surface area contributed by atoms with Crippen molar-refractivity contribution in [1.29, 1.82) is 0 Å². The van der Waals surface area contributed by atoms with Crippen molar-refractivity contribution in [2.75, 3.05) is 13.1 Å². The van der Waals surface area contributed by atoms with Crippen LogP contribution in [0.2, 0.25) is 0 Å². The summed E-state index contributed by atoms with van der Waals surface area (Å²) < 4.78 is 0. The van der Waals surface area contributed by atoms with Crippen molar-refractivity contribution in [1.82, 2.24) is 5.32 Å². The SMILES string of the molecule is CCC(=O)NCC(CC)(CC)CN. The van der Waals surface area contributed by atoms with Gasteiger partial charge in [0.1, 0.15) is 0 Å². The summed E-state index contributed by atoms with van der Waals surface area (Å²) in [7, 11) is 0. The Balaban J connectivity index is 4.02. The molecule has 0 aliphatic rings. The van der Waals surface area contributed by atoms with E-state index in [4.69, 9.17) is 5.73 Å². The van der Waals surface area contributed by atoms with Crippen LogP contribution < -0.4 is 11.1 Å². The number of hydrogen-bond donors (Lipinski definition) is 2. The van der Waals surface area contributed by atoms with E-state index >= 15 is 0 Å². The highest BCUT2D eigenvalue weighted by atomic mass is 16.1. The first kappa shape index (κ1) is 12.4. The third-order valence-corrected chi connectivity index (χ3v) is 2.91. The van der Waals surface area contributed by atoms with Gasteiger partial charge in [0.25, 0.3) is 0 Å². The standard InChI is InChI=1S/C10H22N2O/c1-4-9(13)12-8-10(5-2,6-3)7-11/h4-8,11H2,1-3H3,(H,12,13). The molecule has 0 aromatic carbocycles. The number of nitrogens with one attached hydrogen (secondary N) is 1. The smallest absolute Gasteiger partial charge is 0.219 e. The van der Waals surface area contributed by atoms with Crippen LogP contribution in [0.25, 0.3) is 0 Å². The lowest BCUT2D eigenvalue weighted by atomic mass is 9.82. The van der Waals surface area contributed by atoms with Gasteiger partial charge in [-0.05, 0) is 24.8 Å². The Labute approximate surface area is 81.1 Å². The second-order valence-corrected chi connectivity index (χ2v) is 3.54. The molecule has 0 aromatic heterocycles. The van der Waals surface area contributed by atoms with Gasteiger partial charge >= 0.3 is 0 Å². The molecule has 0 heterocycles. The Morgan fingerprint density at radius 3 is 2.15 bits per heavy atom. The highest BCUT2D eigenvalue weighted by Crippen LogP contribution is 2.23. The van der Waals surface area contributed by atoms with E-state index in [-0.39, 0.29) is 11.3 Å². The molecule has 1 amide bonds. The Morgan fingerprint density at radius 1 is 1.31 bits per heavy atom. The second kappa shape index (κ2) is 5.97. The van der Waals surface area contributed by atoms with E-state index < -0.39 is 0 Å². The lowest BCUT2D eigenvalue weighted by Crippen LogP contribution is -2.41. The van der Waals surface area contributed by atoms with Crippen molar-refractivity contribution >= 4 is 5.91 Å². The topological polar surface area (TPSA) is 55.1 Å². The molecule has 3 nitrogen and oxygen atoms in total. The van der Waals surface area contributed by atoms with Crippen molar-refractivity contribution in [2.45, 2.75) is 40.0 Å². The van der Waals surface area contributed by atoms with Crippen LogP contribution in [0.15, 0.2) is 0 Å². The van der Waals surface area contributed by atoms with Crippen molar-refractivity contribution in [3.05, 3.63) is 0 Å². The summed E-state index contributed by atoms with van der Waals surface area (Å²) in [6.07, 6.45) is 2.59. The van der Waals surface area contributed by atoms with Crippen LogP contribution >= 0.6 is 0 Å². The van der Waals surface area contributed by atoms with E-state index in [0.717, 1.165) is 12.8 Å². The number of rotatable bonds is 6. The van der Waals surface area contributed by atoms with Crippen LogP contribution in [0, 0.1) is 5.41 Å². The largest absolute Gasteiger partial charge is 0.356 e. The first-order valence-corrected chi connectivity index (χ1v) is 5.11. The minimum Gasteiger partial charge on any atom is -0.356 e. The molecule has 0 rings (SSSR count). The normalized spacial score (nSPS) is 11.4. The predicted octanol–water partition coefficient (Wildman–Crippen LogP) is 1.28. The van der Waals surface area contributed by atoms with E-state index in [0.29, 0.717) is 19.5 Å². The van der Waals surface area contributed by atoms with Crippen molar-refractivity contribution < 1.29 is 4.79 Å². The molecular weight excluding hydrogens is 164 g/mol.